The number of halogens is 4. The van der Waals surface area contributed by atoms with Gasteiger partial charge in [0.25, 0.3) is 0 Å². The first-order valence-corrected chi connectivity index (χ1v) is 45.8. The molecule has 8 heterocycles. The molecule has 8 aliphatic carbocycles. The number of hydrogen-bond donors (Lipinski definition) is 16. The lowest BCUT2D eigenvalue weighted by atomic mass is 10.1. The number of aliphatic hydroxyl groups excluding tert-OH is 2. The summed E-state index contributed by atoms with van der Waals surface area (Å²) >= 11 is 1.37. The Morgan fingerprint density at radius 3 is 0.924 bits per heavy atom. The second-order valence-electron chi connectivity index (χ2n) is 30.0. The van der Waals surface area contributed by atoms with Crippen molar-refractivity contribution >= 4 is 115 Å². The molecule has 20 rings (SSSR count). The van der Waals surface area contributed by atoms with Crippen molar-refractivity contribution in [3.63, 3.8) is 0 Å². The van der Waals surface area contributed by atoms with Crippen LogP contribution in [0.15, 0.2) is 93.4 Å². The molecule has 8 saturated carbocycles. The molecule has 16 N–H and O–H groups in total. The molecule has 8 aromatic heterocycles. The number of rotatable bonds is 40. The van der Waals surface area contributed by atoms with Gasteiger partial charge in [0.1, 0.15) is 71.9 Å². The Kier molecular flexibility index (Phi) is 18.3. The SMILES string of the molecule is [2H]C([2H])(CC)Sc1nc(N[C@]2([2H])C([2H])([2H])[C@@]2([2H])c2ccc(C)c(F)c2)c2nnn([C@]3([2H])C([2H])([2H])[C@]([2H])(OC([2H])([2H])C([2H])([2H])O)[C@@]([2H])(O)[C@@]3([2H])O)c2n1.[2H]C([2H])(CC)Sc1nc(N[C@]2([2H])C([2H])([2H])[C@@]2([2H])c2ccc(C)c(F)c2)c2nnn([C@]3([2H])C([2H])([2H])[C@]([2H])(OCCO)[C@@]([2H])(O)[C@@]3([2H])O)c2n1.[2H]C([2H])(CO)O[C@@]1([2H])C([2H])([2H])[C@@]([2H])(n2nnc3c(N[C@]4([2H])C([2H])([2H])[C@@]4([2H])c4ccc(C)c(F)c4)nc(SC([2H])([2H])CC)nc32)[C@]([2H])(O)[C@]1([2H])O.[2H]c1c([C@]2([2H])C([2H])([2H])[C@@]2([2H])Nc2nc(SC([2H])([2H])CC)nc3c2nnn3[C@]2([2H])C([2H])([2H])[C@]([2H])(OCC([2H])([2H])O)[C@@]([2H])(O)[C@@]2([2H])O)ccc(C)c1F. The zero-order chi connectivity index (χ0) is 153. The van der Waals surface area contributed by atoms with Gasteiger partial charge in [0.15, 0.2) is 88.6 Å². The average Bonchev–Trinajstić information content (AvgIpc) is 1.47. The van der Waals surface area contributed by atoms with Crippen LogP contribution in [0.5, 0.6) is 0 Å². The van der Waals surface area contributed by atoms with Crippen LogP contribution in [-0.2, 0) is 18.9 Å². The van der Waals surface area contributed by atoms with Crippen molar-refractivity contribution in [1.82, 2.24) is 99.8 Å². The normalized spacial score (nSPS) is 49.3. The third-order valence-electron chi connectivity index (χ3n) is 20.3. The van der Waals surface area contributed by atoms with Crippen LogP contribution in [-0.4, -0.2) is 334 Å². The average molecular weight is 2130 g/mol. The van der Waals surface area contributed by atoms with E-state index < -0.39 is 395 Å². The van der Waals surface area contributed by atoms with Crippen LogP contribution in [0.4, 0.5) is 40.8 Å². The zero-order valence-electron chi connectivity index (χ0n) is 133. The molecule has 0 spiro atoms. The lowest BCUT2D eigenvalue weighted by Crippen LogP contribution is -2.33. The van der Waals surface area contributed by atoms with Gasteiger partial charge in [0, 0.05) is 134 Å². The molecule has 12 aromatic rings. The molecule has 8 aliphatic rings. The van der Waals surface area contributed by atoms with Gasteiger partial charge in [0.2, 0.25) is 0 Å². The first kappa shape index (κ1) is 55.7. The predicted molar refractivity (Wildman–Crippen MR) is 530 cm³/mol. The molecule has 8 fully saturated rings. The number of anilines is 4. The van der Waals surface area contributed by atoms with E-state index >= 15 is 0 Å². The molecular formula is C96H124F4N24O16S4. The predicted octanol–water partition coefficient (Wildman–Crippen LogP) is 8.73. The monoisotopic (exact) mass is 2130 g/mol. The van der Waals surface area contributed by atoms with Gasteiger partial charge in [-0.05, 0) is 148 Å². The fourth-order valence-corrected chi connectivity index (χ4v) is 15.2. The highest BCUT2D eigenvalue weighted by atomic mass is 32.2. The van der Waals surface area contributed by atoms with Crippen LogP contribution in [0.25, 0.3) is 44.7 Å². The summed E-state index contributed by atoms with van der Waals surface area (Å²) in [5.41, 5.74) is -15.2. The summed E-state index contributed by atoms with van der Waals surface area (Å²) in [5.74, 6) is -16.3. The minimum absolute atomic E-state index is 0.0142. The van der Waals surface area contributed by atoms with E-state index in [1.54, 1.807) is 0 Å². The maximum absolute atomic E-state index is 14.7. The van der Waals surface area contributed by atoms with E-state index in [0.717, 1.165) is 24.3 Å². The van der Waals surface area contributed by atoms with Crippen molar-refractivity contribution < 1.29 is 176 Å². The summed E-state index contributed by atoms with van der Waals surface area (Å²) in [6.45, 7) is -8.18. The van der Waals surface area contributed by atoms with E-state index in [2.05, 4.69) is 112 Å². The Bertz CT molecular complexity index is 9660. The Morgan fingerprint density at radius 2 is 0.639 bits per heavy atom. The van der Waals surface area contributed by atoms with E-state index in [1.807, 2.05) is 0 Å². The third kappa shape index (κ3) is 23.8. The number of aryl methyl sites for hydroxylation is 4. The number of fused-ring (bicyclic) bond motifs is 4. The lowest BCUT2D eigenvalue weighted by molar-refractivity contribution is -0.0629. The summed E-state index contributed by atoms with van der Waals surface area (Å²) in [6, 6.07) is -14.7. The summed E-state index contributed by atoms with van der Waals surface area (Å²) in [6.07, 6.45) is -77.1. The van der Waals surface area contributed by atoms with Crippen molar-refractivity contribution in [2.75, 3.05) is 96.8 Å². The molecular weight excluding hydrogens is 1950 g/mol. The van der Waals surface area contributed by atoms with Crippen LogP contribution >= 0.6 is 47.0 Å². The molecule has 144 heavy (non-hydrogen) atoms. The number of thioether (sulfide) groups is 4. The van der Waals surface area contributed by atoms with Crippen LogP contribution < -0.4 is 21.3 Å². The molecule has 4 aromatic carbocycles. The first-order chi connectivity index (χ1) is 90.3. The molecule has 776 valence electrons. The maximum Gasteiger partial charge on any atom is 0.191 e. The molecule has 0 bridgehead atoms. The fraction of sp³-hybridized carbons (Fsp3) is 0.583. The summed E-state index contributed by atoms with van der Waals surface area (Å²) in [5, 5.41) is 163. The molecule has 0 unspecified atom stereocenters. The van der Waals surface area contributed by atoms with Crippen LogP contribution in [0.3, 0.4) is 0 Å². The summed E-state index contributed by atoms with van der Waals surface area (Å²) < 4.78 is 559. The summed E-state index contributed by atoms with van der Waals surface area (Å²) in [7, 11) is 0. The zero-order valence-corrected chi connectivity index (χ0v) is 78.9. The number of ether oxygens (including phenoxy) is 4. The van der Waals surface area contributed by atoms with Crippen molar-refractivity contribution in [2.45, 2.75) is 297 Å². The van der Waals surface area contributed by atoms with Gasteiger partial charge >= 0.3 is 0 Å². The minimum atomic E-state index is -4.42. The van der Waals surface area contributed by atoms with Gasteiger partial charge in [-0.2, -0.15) is 0 Å². The lowest BCUT2D eigenvalue weighted by Gasteiger charge is -2.17. The number of nitrogens with zero attached hydrogens (tertiary/aromatic N) is 20. The molecule has 0 radical (unpaired) electrons. The van der Waals surface area contributed by atoms with E-state index in [0.29, 0.717) is 47.0 Å². The number of nitrogens with one attached hydrogen (secondary N) is 4. The van der Waals surface area contributed by atoms with Crippen molar-refractivity contribution in [2.24, 2.45) is 0 Å². The molecule has 0 aliphatic heterocycles. The van der Waals surface area contributed by atoms with Gasteiger partial charge in [-0.1, -0.05) is 144 Å². The number of aliphatic hydroxyl groups is 12. The second kappa shape index (κ2) is 47.3. The van der Waals surface area contributed by atoms with Gasteiger partial charge in [0.05, 0.1) is 141 Å². The van der Waals surface area contributed by atoms with Crippen LogP contribution in [0.2, 0.25) is 0 Å². The van der Waals surface area contributed by atoms with Crippen LogP contribution in [0, 0.1) is 51.0 Å². The molecule has 24 atom stereocenters. The quantitative estimate of drug-likeness (QED) is 0.00969. The van der Waals surface area contributed by atoms with Gasteiger partial charge in [-0.15, -0.1) is 20.4 Å². The first-order valence-electron chi connectivity index (χ1n) is 71.0. The highest BCUT2D eigenvalue weighted by Gasteiger charge is 2.51. The maximum atomic E-state index is 14.7. The van der Waals surface area contributed by atoms with Gasteiger partial charge < -0.3 is 101 Å². The van der Waals surface area contributed by atoms with Crippen molar-refractivity contribution in [3.05, 3.63) is 141 Å². The Labute approximate surface area is 923 Å². The number of aromatic nitrogens is 20. The Balaban J connectivity index is 0.000000174. The van der Waals surface area contributed by atoms with Crippen LogP contribution in [0.1, 0.15) is 275 Å². The smallest absolute Gasteiger partial charge is 0.191 e. The summed E-state index contributed by atoms with van der Waals surface area (Å²) in [4.78, 5) is 32.7. The highest BCUT2D eigenvalue weighted by Crippen LogP contribution is 2.50. The Morgan fingerprint density at radius 1 is 0.361 bits per heavy atom. The second-order valence-corrected chi connectivity index (χ2v) is 33.4. The topological polar surface area (TPSA) is 554 Å². The number of hydrogen-bond acceptors (Lipinski definition) is 40. The standard InChI is InChI=1S/4C24H31FN6O4S/c4*1-3-8-36-24-27-22(26-16-10-14(16)13-5-4-12(2)15(25)9-13)19-23(28-24)31(30-29-19)17-11-18(35-7-6-32)21(34)20(17)33/h4*4-5,9,14,16-18,20-21,32-34H,3,6-8,10-11H2,1-2H3,(H,26,27,28)/t4*14-,16+,17+,18-,20-,21+/m0000/s1/i6D2,8D2,9D,10D2,11D2,14D,16D,17D,18D,20D,21D;6D2,7D2,8D2,10D2,11D2,14D,16D,17D,18D,20D,21D;7D2,8D2,10D2,11D2,14D,16D,17D,18D,20D,21D;8D2,10D2,11D2,14D,16D,17D,18D,20D,21D. The van der Waals surface area contributed by atoms with E-state index in [-0.39, 0.29) is 83.4 Å². The fourth-order valence-electron chi connectivity index (χ4n) is 13.0. The molecule has 0 saturated heterocycles. The highest BCUT2D eigenvalue weighted by molar-refractivity contribution is 7.99. The van der Waals surface area contributed by atoms with Crippen molar-refractivity contribution in [3.8, 4) is 0 Å². The third-order valence-corrected chi connectivity index (χ3v) is 23.5. The molecule has 48 heteroatoms. The van der Waals surface area contributed by atoms with Gasteiger partial charge in [-0.3, -0.25) is 0 Å². The molecule has 0 amide bonds. The van der Waals surface area contributed by atoms with E-state index in [9.17, 15) is 78.8 Å². The van der Waals surface area contributed by atoms with E-state index in [4.69, 9.17) is 87.6 Å². The van der Waals surface area contributed by atoms with E-state index in [1.165, 1.54) is 97.9 Å². The number of benzene rings is 4. The van der Waals surface area contributed by atoms with Crippen molar-refractivity contribution in [1.29, 1.82) is 0 Å². The molecule has 40 nitrogen and oxygen atoms in total. The Hall–Kier alpha value is -9.52. The van der Waals surface area contributed by atoms with Gasteiger partial charge in [-0.25, -0.2) is 76.2 Å². The minimum Gasteiger partial charge on any atom is -0.394 e. The largest absolute Gasteiger partial charge is 0.394 e.